The smallest absolute Gasteiger partial charge is 0.316 e. The first kappa shape index (κ1) is 40.5. The van der Waals surface area contributed by atoms with Gasteiger partial charge >= 0.3 is 17.9 Å². The van der Waals surface area contributed by atoms with Crippen molar-refractivity contribution in [1.29, 1.82) is 0 Å². The van der Waals surface area contributed by atoms with E-state index in [4.69, 9.17) is 20.7 Å². The summed E-state index contributed by atoms with van der Waals surface area (Å²) in [4.78, 5) is 47.0. The second kappa shape index (κ2) is 17.8. The zero-order valence-electron chi connectivity index (χ0n) is 29.9. The molecule has 4 aliphatic rings. The van der Waals surface area contributed by atoms with Crippen LogP contribution in [0.5, 0.6) is 0 Å². The quantitative estimate of drug-likeness (QED) is 0.0833. The van der Waals surface area contributed by atoms with Crippen molar-refractivity contribution in [3.8, 4) is 0 Å². The van der Waals surface area contributed by atoms with Crippen LogP contribution >= 0.6 is 11.8 Å². The molecule has 2 unspecified atom stereocenters. The maximum atomic E-state index is 13.5. The van der Waals surface area contributed by atoms with E-state index in [1.54, 1.807) is 11.8 Å². The van der Waals surface area contributed by atoms with Gasteiger partial charge in [-0.3, -0.25) is 19.2 Å². The van der Waals surface area contributed by atoms with E-state index in [2.05, 4.69) is 27.4 Å². The summed E-state index contributed by atoms with van der Waals surface area (Å²) in [6.45, 7) is 12.7. The average molecular weight is 694 g/mol. The molecule has 4 fully saturated rings. The monoisotopic (exact) mass is 693 g/mol. The third-order valence-corrected chi connectivity index (χ3v) is 14.0. The third-order valence-electron chi connectivity index (χ3n) is 12.7. The van der Waals surface area contributed by atoms with Crippen LogP contribution < -0.4 is 5.73 Å². The van der Waals surface area contributed by atoms with E-state index in [1.165, 1.54) is 0 Å². The van der Waals surface area contributed by atoms with Crippen LogP contribution in [0.25, 0.3) is 0 Å². The lowest BCUT2D eigenvalue weighted by Crippen LogP contribution is -2.63. The second-order valence-corrected chi connectivity index (χ2v) is 17.1. The Morgan fingerprint density at radius 1 is 0.979 bits per heavy atom. The average Bonchev–Trinajstić information content (AvgIpc) is 3.39. The molecule has 10 atom stereocenters. The Kier molecular flexibility index (Phi) is 15.1. The van der Waals surface area contributed by atoms with E-state index in [0.29, 0.717) is 29.6 Å². The van der Waals surface area contributed by atoms with Crippen molar-refractivity contribution in [2.75, 3.05) is 5.75 Å². The lowest BCUT2D eigenvalue weighted by molar-refractivity contribution is -0.205. The van der Waals surface area contributed by atoms with Gasteiger partial charge in [-0.1, -0.05) is 65.9 Å². The van der Waals surface area contributed by atoms with Gasteiger partial charge in [0.25, 0.3) is 0 Å². The van der Waals surface area contributed by atoms with Crippen LogP contribution in [-0.4, -0.2) is 68.3 Å². The van der Waals surface area contributed by atoms with Gasteiger partial charge in [-0.25, -0.2) is 0 Å². The lowest BCUT2D eigenvalue weighted by atomic mass is 9.44. The number of aliphatic hydroxyl groups is 1. The Bertz CT molecular complexity index is 1110. The normalized spacial score (nSPS) is 37.6. The topological polar surface area (TPSA) is 164 Å². The van der Waals surface area contributed by atoms with Gasteiger partial charge in [0.2, 0.25) is 0 Å². The number of carboxylic acid groups (broad SMARTS) is 2. The minimum atomic E-state index is -0.740. The van der Waals surface area contributed by atoms with E-state index in [0.717, 1.165) is 83.5 Å². The highest BCUT2D eigenvalue weighted by Crippen LogP contribution is 2.68. The first-order valence-corrected chi connectivity index (χ1v) is 19.5. The maximum Gasteiger partial charge on any atom is 0.316 e. The molecule has 5 N–H and O–H groups in total. The van der Waals surface area contributed by atoms with Crippen molar-refractivity contribution in [3.05, 3.63) is 12.7 Å². The summed E-state index contributed by atoms with van der Waals surface area (Å²) in [7, 11) is 0. The van der Waals surface area contributed by atoms with Crippen LogP contribution in [-0.2, 0) is 23.9 Å². The first-order chi connectivity index (χ1) is 22.6. The standard InChI is InChI=1S/C28H45NO4S.C10H18O4/c1-6-26(4)15-22(33-23(31)16-34-20-9-7-8-19(29)14-20)27(5)17(2)10-12-28(18(3)25(26)32)13-11-21(30)24(27)28;11-9(12)7-5-3-1-2-4-6-8-10(13)14/h6,17-20,22,24-25,32H,1,7-16,29H2,2-5H3;1-8H2,(H,11,12)(H,13,14)/t17-,18+,19?,20?,22-,24+,25+,26-,27+,28+;/m1./s1. The summed E-state index contributed by atoms with van der Waals surface area (Å²) in [6, 6.07) is 0.230. The molecule has 48 heavy (non-hydrogen) atoms. The molecule has 4 saturated carbocycles. The number of carbonyl (C=O) groups excluding carboxylic acids is 2. The van der Waals surface area contributed by atoms with E-state index in [-0.39, 0.29) is 48.0 Å². The largest absolute Gasteiger partial charge is 0.481 e. The van der Waals surface area contributed by atoms with Crippen molar-refractivity contribution >= 4 is 35.5 Å². The van der Waals surface area contributed by atoms with Crippen LogP contribution in [0.3, 0.4) is 0 Å². The Morgan fingerprint density at radius 3 is 2.15 bits per heavy atom. The molecule has 2 bridgehead atoms. The number of aliphatic hydroxyl groups excluding tert-OH is 1. The highest BCUT2D eigenvalue weighted by atomic mass is 32.2. The molecule has 0 aliphatic heterocycles. The van der Waals surface area contributed by atoms with Gasteiger partial charge in [-0.05, 0) is 75.0 Å². The predicted molar refractivity (Wildman–Crippen MR) is 190 cm³/mol. The van der Waals surface area contributed by atoms with Gasteiger partial charge in [0.05, 0.1) is 11.9 Å². The van der Waals surface area contributed by atoms with Gasteiger partial charge in [0, 0.05) is 47.3 Å². The zero-order chi connectivity index (χ0) is 35.7. The SMILES string of the molecule is C=C[C@]1(C)C[C@@H](OC(=O)CSC2CCCC(N)C2)[C@]2(C)[C@H](C)CC[C@]3(CCC(=O)[C@H]32)[C@@H](C)[C@@H]1O.O=C(O)CCCCCCCCC(=O)O. The molecular formula is C38H63NO8S. The Morgan fingerprint density at radius 2 is 1.58 bits per heavy atom. The summed E-state index contributed by atoms with van der Waals surface area (Å²) >= 11 is 1.66. The van der Waals surface area contributed by atoms with Gasteiger partial charge in [0.15, 0.2) is 0 Å². The number of hydrogen-bond donors (Lipinski definition) is 4. The number of carboxylic acids is 2. The summed E-state index contributed by atoms with van der Waals surface area (Å²) in [5, 5.41) is 28.7. The zero-order valence-corrected chi connectivity index (χ0v) is 30.7. The number of carbonyl (C=O) groups is 4. The number of thioether (sulfide) groups is 1. The number of rotatable bonds is 14. The predicted octanol–water partition coefficient (Wildman–Crippen LogP) is 7.17. The number of ketones is 1. The summed E-state index contributed by atoms with van der Waals surface area (Å²) < 4.78 is 6.34. The molecule has 0 aromatic rings. The second-order valence-electron chi connectivity index (χ2n) is 15.8. The van der Waals surface area contributed by atoms with Crippen LogP contribution in [0.4, 0.5) is 0 Å². The molecule has 0 amide bonds. The number of esters is 1. The molecule has 0 aromatic heterocycles. The fraction of sp³-hybridized carbons (Fsp3) is 0.842. The lowest BCUT2D eigenvalue weighted by Gasteiger charge is -2.61. The summed E-state index contributed by atoms with van der Waals surface area (Å²) in [5.41, 5.74) is 4.87. The van der Waals surface area contributed by atoms with Gasteiger partial charge in [-0.15, -0.1) is 18.3 Å². The van der Waals surface area contributed by atoms with E-state index in [1.807, 2.05) is 13.0 Å². The van der Waals surface area contributed by atoms with Crippen LogP contribution in [0.15, 0.2) is 12.7 Å². The van der Waals surface area contributed by atoms with Crippen LogP contribution in [0.2, 0.25) is 0 Å². The minimum absolute atomic E-state index is 0.0125. The highest BCUT2D eigenvalue weighted by Gasteiger charge is 2.68. The number of nitrogens with two attached hydrogens (primary N) is 1. The number of ether oxygens (including phenoxy) is 1. The number of unbranched alkanes of at least 4 members (excludes halogenated alkanes) is 5. The fourth-order valence-electron chi connectivity index (χ4n) is 9.47. The minimum Gasteiger partial charge on any atom is -0.481 e. The van der Waals surface area contributed by atoms with Crippen molar-refractivity contribution in [3.63, 3.8) is 0 Å². The Labute approximate surface area is 292 Å². The maximum absolute atomic E-state index is 13.5. The highest BCUT2D eigenvalue weighted by molar-refractivity contribution is 8.00. The molecule has 0 aromatic carbocycles. The van der Waals surface area contributed by atoms with Crippen molar-refractivity contribution in [2.24, 2.45) is 39.7 Å². The Hall–Kier alpha value is -1.91. The van der Waals surface area contributed by atoms with Gasteiger partial charge in [-0.2, -0.15) is 0 Å². The molecule has 9 nitrogen and oxygen atoms in total. The molecule has 10 heteroatoms. The molecule has 4 rings (SSSR count). The molecule has 0 radical (unpaired) electrons. The Balaban J connectivity index is 0.000000378. The number of aliphatic carboxylic acids is 2. The molecular weight excluding hydrogens is 630 g/mol. The number of hydrogen-bond acceptors (Lipinski definition) is 8. The summed E-state index contributed by atoms with van der Waals surface area (Å²) in [6.07, 6.45) is 14.7. The molecule has 0 spiro atoms. The summed E-state index contributed by atoms with van der Waals surface area (Å²) in [5.74, 6) is -1.02. The van der Waals surface area contributed by atoms with E-state index < -0.39 is 35.0 Å². The molecule has 274 valence electrons. The van der Waals surface area contributed by atoms with Crippen molar-refractivity contribution in [2.45, 2.75) is 160 Å². The molecule has 0 heterocycles. The van der Waals surface area contributed by atoms with Crippen LogP contribution in [0, 0.1) is 34.0 Å². The van der Waals surface area contributed by atoms with Crippen LogP contribution in [0.1, 0.15) is 137 Å². The van der Waals surface area contributed by atoms with Gasteiger partial charge in [0.1, 0.15) is 11.9 Å². The fourth-order valence-corrected chi connectivity index (χ4v) is 10.6. The molecule has 0 saturated heterocycles. The number of Topliss-reactive ketones (excluding diaryl/α,β-unsaturated/α-hetero) is 1. The first-order valence-electron chi connectivity index (χ1n) is 18.4. The van der Waals surface area contributed by atoms with Gasteiger partial charge < -0.3 is 25.8 Å². The van der Waals surface area contributed by atoms with Crippen molar-refractivity contribution in [1.82, 2.24) is 0 Å². The van der Waals surface area contributed by atoms with E-state index >= 15 is 0 Å². The molecule has 4 aliphatic carbocycles. The van der Waals surface area contributed by atoms with E-state index in [9.17, 15) is 24.3 Å². The third kappa shape index (κ3) is 9.65. The van der Waals surface area contributed by atoms with Crippen molar-refractivity contribution < 1.29 is 39.2 Å².